The summed E-state index contributed by atoms with van der Waals surface area (Å²) in [5.74, 6) is 1.81. The Kier molecular flexibility index (Phi) is 6.82. The molecule has 4 aliphatic rings. The molecule has 3 nitrogen and oxygen atoms in total. The summed E-state index contributed by atoms with van der Waals surface area (Å²) < 4.78 is 0. The first-order chi connectivity index (χ1) is 14.3. The van der Waals surface area contributed by atoms with E-state index in [9.17, 15) is 10.2 Å². The van der Waals surface area contributed by atoms with Crippen molar-refractivity contribution in [1.82, 2.24) is 5.32 Å². The van der Waals surface area contributed by atoms with Gasteiger partial charge in [0.05, 0.1) is 12.2 Å². The number of fused-ring (bicyclic) bond motifs is 1. The van der Waals surface area contributed by atoms with Gasteiger partial charge in [0.2, 0.25) is 0 Å². The van der Waals surface area contributed by atoms with Crippen molar-refractivity contribution in [2.75, 3.05) is 13.1 Å². The average Bonchev–Trinajstić information content (AvgIpc) is 3.04. The van der Waals surface area contributed by atoms with Crippen molar-refractivity contribution in [2.45, 2.75) is 103 Å². The molecule has 0 radical (unpaired) electrons. The van der Waals surface area contributed by atoms with Gasteiger partial charge in [0.15, 0.2) is 0 Å². The zero-order chi connectivity index (χ0) is 21.4. The van der Waals surface area contributed by atoms with E-state index in [0.717, 1.165) is 25.9 Å². The van der Waals surface area contributed by atoms with Crippen LogP contribution in [-0.2, 0) is 0 Å². The van der Waals surface area contributed by atoms with Crippen molar-refractivity contribution in [1.29, 1.82) is 0 Å². The summed E-state index contributed by atoms with van der Waals surface area (Å²) in [4.78, 5) is 0. The fraction of sp³-hybridized carbons (Fsp3) is 0.852. The first kappa shape index (κ1) is 22.6. The molecular weight excluding hydrogens is 370 g/mol. The molecule has 7 atom stereocenters. The van der Waals surface area contributed by atoms with Crippen LogP contribution in [-0.4, -0.2) is 35.5 Å². The predicted molar refractivity (Wildman–Crippen MR) is 124 cm³/mol. The highest BCUT2D eigenvalue weighted by Crippen LogP contribution is 2.62. The highest BCUT2D eigenvalue weighted by molar-refractivity contribution is 5.21. The maximum atomic E-state index is 11.1. The third kappa shape index (κ3) is 4.19. The highest BCUT2D eigenvalue weighted by Gasteiger charge is 2.56. The molecule has 0 aliphatic heterocycles. The summed E-state index contributed by atoms with van der Waals surface area (Å²) >= 11 is 0. The molecule has 3 fully saturated rings. The average molecular weight is 416 g/mol. The lowest BCUT2D eigenvalue weighted by Gasteiger charge is -2.55. The maximum Gasteiger partial charge on any atom is 0.0621 e. The fourth-order valence-corrected chi connectivity index (χ4v) is 7.67. The SMILES string of the molecule is C=C1CCC2C(CNCCC3=CCCCC3)C(C3(C)CCC(O)CC3O)CCC12C. The monoisotopic (exact) mass is 415 g/mol. The highest BCUT2D eigenvalue weighted by atomic mass is 16.3. The number of aliphatic hydroxyl groups excluding tert-OH is 2. The van der Waals surface area contributed by atoms with E-state index in [1.165, 1.54) is 63.4 Å². The Balaban J connectivity index is 1.47. The van der Waals surface area contributed by atoms with E-state index in [-0.39, 0.29) is 23.0 Å². The number of nitrogens with one attached hydrogen (secondary N) is 1. The van der Waals surface area contributed by atoms with Crippen LogP contribution in [0.15, 0.2) is 23.8 Å². The number of rotatable bonds is 6. The quantitative estimate of drug-likeness (QED) is 0.403. The minimum absolute atomic E-state index is 0.0667. The van der Waals surface area contributed by atoms with Gasteiger partial charge in [-0.2, -0.15) is 0 Å². The van der Waals surface area contributed by atoms with Crippen LogP contribution in [0.2, 0.25) is 0 Å². The molecule has 3 heteroatoms. The molecule has 4 aliphatic carbocycles. The summed E-state index contributed by atoms with van der Waals surface area (Å²) in [7, 11) is 0. The van der Waals surface area contributed by atoms with E-state index in [4.69, 9.17) is 0 Å². The third-order valence-corrected chi connectivity index (χ3v) is 9.90. The molecule has 0 saturated heterocycles. The fourth-order valence-electron chi connectivity index (χ4n) is 7.67. The first-order valence-electron chi connectivity index (χ1n) is 12.8. The second-order valence-electron chi connectivity index (χ2n) is 11.5. The van der Waals surface area contributed by atoms with Crippen LogP contribution >= 0.6 is 0 Å². The Morgan fingerprint density at radius 2 is 1.90 bits per heavy atom. The van der Waals surface area contributed by atoms with Gasteiger partial charge in [-0.3, -0.25) is 0 Å². The molecule has 3 N–H and O–H groups in total. The normalized spacial score (nSPS) is 44.6. The molecule has 0 heterocycles. The van der Waals surface area contributed by atoms with Gasteiger partial charge in [-0.15, -0.1) is 0 Å². The summed E-state index contributed by atoms with van der Waals surface area (Å²) in [6, 6.07) is 0. The van der Waals surface area contributed by atoms with Gasteiger partial charge < -0.3 is 15.5 Å². The Morgan fingerprint density at radius 1 is 1.07 bits per heavy atom. The zero-order valence-electron chi connectivity index (χ0n) is 19.5. The van der Waals surface area contributed by atoms with Crippen molar-refractivity contribution in [3.63, 3.8) is 0 Å². The number of hydrogen-bond acceptors (Lipinski definition) is 3. The Bertz CT molecular complexity index is 657. The van der Waals surface area contributed by atoms with E-state index in [0.29, 0.717) is 24.2 Å². The molecule has 0 aromatic carbocycles. The third-order valence-electron chi connectivity index (χ3n) is 9.90. The molecule has 0 amide bonds. The van der Waals surface area contributed by atoms with Crippen LogP contribution in [0, 0.1) is 28.6 Å². The van der Waals surface area contributed by atoms with E-state index in [2.05, 4.69) is 31.8 Å². The lowest BCUT2D eigenvalue weighted by atomic mass is 9.51. The smallest absolute Gasteiger partial charge is 0.0621 e. The van der Waals surface area contributed by atoms with Crippen molar-refractivity contribution in [3.05, 3.63) is 23.8 Å². The van der Waals surface area contributed by atoms with E-state index < -0.39 is 0 Å². The molecule has 0 spiro atoms. The topological polar surface area (TPSA) is 52.5 Å². The number of hydrogen-bond donors (Lipinski definition) is 3. The standard InChI is InChI=1S/C27H45NO2/c1-19-9-10-23-22(18-28-16-13-20-7-5-4-6-8-20)24(12-15-26(19,23)2)27(3)14-11-21(29)17-25(27)30/h7,21-25,28-30H,1,4-6,8-18H2,2-3H3. The van der Waals surface area contributed by atoms with Crippen LogP contribution in [0.25, 0.3) is 0 Å². The van der Waals surface area contributed by atoms with Crippen molar-refractivity contribution < 1.29 is 10.2 Å². The molecule has 4 rings (SSSR count). The molecule has 3 saturated carbocycles. The summed E-state index contributed by atoms with van der Waals surface area (Å²) in [5.41, 5.74) is 3.33. The van der Waals surface area contributed by atoms with E-state index in [1.807, 2.05) is 0 Å². The molecule has 7 unspecified atom stereocenters. The van der Waals surface area contributed by atoms with E-state index in [1.54, 1.807) is 5.57 Å². The van der Waals surface area contributed by atoms with Gasteiger partial charge in [0.25, 0.3) is 0 Å². The molecule has 30 heavy (non-hydrogen) atoms. The summed E-state index contributed by atoms with van der Waals surface area (Å²) in [6.45, 7) is 11.4. The van der Waals surface area contributed by atoms with Gasteiger partial charge in [-0.1, -0.05) is 37.6 Å². The van der Waals surface area contributed by atoms with Crippen LogP contribution in [0.4, 0.5) is 0 Å². The maximum absolute atomic E-state index is 11.1. The van der Waals surface area contributed by atoms with Gasteiger partial charge in [0, 0.05) is 0 Å². The predicted octanol–water partition coefficient (Wildman–Crippen LogP) is 5.38. The van der Waals surface area contributed by atoms with Gasteiger partial charge in [0.1, 0.15) is 0 Å². The Labute approximate surface area is 184 Å². The minimum atomic E-state index is -0.380. The van der Waals surface area contributed by atoms with Crippen LogP contribution in [0.1, 0.15) is 90.9 Å². The second-order valence-corrected chi connectivity index (χ2v) is 11.5. The van der Waals surface area contributed by atoms with Gasteiger partial charge >= 0.3 is 0 Å². The first-order valence-corrected chi connectivity index (χ1v) is 12.8. The zero-order valence-corrected chi connectivity index (χ0v) is 19.5. The van der Waals surface area contributed by atoms with Crippen LogP contribution in [0.5, 0.6) is 0 Å². The van der Waals surface area contributed by atoms with Crippen molar-refractivity contribution in [2.24, 2.45) is 28.6 Å². The van der Waals surface area contributed by atoms with Gasteiger partial charge in [-0.25, -0.2) is 0 Å². The van der Waals surface area contributed by atoms with Gasteiger partial charge in [-0.05, 0) is 119 Å². The van der Waals surface area contributed by atoms with Crippen LogP contribution in [0.3, 0.4) is 0 Å². The molecule has 170 valence electrons. The Hall–Kier alpha value is -0.640. The lowest BCUT2D eigenvalue weighted by molar-refractivity contribution is -0.118. The molecule has 0 aromatic heterocycles. The van der Waals surface area contributed by atoms with E-state index >= 15 is 0 Å². The van der Waals surface area contributed by atoms with Crippen molar-refractivity contribution in [3.8, 4) is 0 Å². The molecule has 0 aromatic rings. The lowest BCUT2D eigenvalue weighted by Crippen LogP contribution is -2.54. The number of aliphatic hydroxyl groups is 2. The van der Waals surface area contributed by atoms with Crippen molar-refractivity contribution >= 4 is 0 Å². The summed E-state index contributed by atoms with van der Waals surface area (Å²) in [6.07, 6.45) is 15.4. The molecular formula is C27H45NO2. The number of allylic oxidation sites excluding steroid dienone is 2. The van der Waals surface area contributed by atoms with Crippen LogP contribution < -0.4 is 5.32 Å². The second kappa shape index (κ2) is 9.08. The molecule has 0 bridgehead atoms. The summed E-state index contributed by atoms with van der Waals surface area (Å²) in [5, 5.41) is 25.0. The minimum Gasteiger partial charge on any atom is -0.393 e. The largest absolute Gasteiger partial charge is 0.393 e. The Morgan fingerprint density at radius 3 is 2.63 bits per heavy atom.